The standard InChI is InChI=1S/C22H40O4/c1-9-11-16(3)25-18(23)21(7)14-13-20(5,6)15-22(21,8)19(24)26-17(4)12-10-2/h16-17H,9-15H2,1-8H3. The lowest BCUT2D eigenvalue weighted by Crippen LogP contribution is -2.56. The van der Waals surface area contributed by atoms with E-state index in [1.165, 1.54) is 0 Å². The van der Waals surface area contributed by atoms with Crippen molar-refractivity contribution in [2.24, 2.45) is 16.2 Å². The van der Waals surface area contributed by atoms with Gasteiger partial charge in [0.25, 0.3) is 0 Å². The predicted molar refractivity (Wildman–Crippen MR) is 105 cm³/mol. The molecule has 0 radical (unpaired) electrons. The first-order valence-electron chi connectivity index (χ1n) is 10.3. The van der Waals surface area contributed by atoms with Gasteiger partial charge in [-0.2, -0.15) is 0 Å². The van der Waals surface area contributed by atoms with E-state index in [-0.39, 0.29) is 29.6 Å². The summed E-state index contributed by atoms with van der Waals surface area (Å²) in [7, 11) is 0. The number of carbonyl (C=O) groups is 2. The van der Waals surface area contributed by atoms with E-state index in [9.17, 15) is 9.59 Å². The van der Waals surface area contributed by atoms with Crippen molar-refractivity contribution in [2.75, 3.05) is 0 Å². The zero-order chi connectivity index (χ0) is 20.2. The van der Waals surface area contributed by atoms with Crippen LogP contribution in [0.1, 0.15) is 100 Å². The highest BCUT2D eigenvalue weighted by atomic mass is 16.6. The Kier molecular flexibility index (Phi) is 7.74. The van der Waals surface area contributed by atoms with Crippen molar-refractivity contribution in [3.8, 4) is 0 Å². The molecule has 1 rings (SSSR count). The van der Waals surface area contributed by atoms with Crippen molar-refractivity contribution >= 4 is 11.9 Å². The molecule has 0 aliphatic heterocycles. The van der Waals surface area contributed by atoms with Crippen molar-refractivity contribution in [1.29, 1.82) is 0 Å². The topological polar surface area (TPSA) is 52.6 Å². The molecule has 4 nitrogen and oxygen atoms in total. The minimum Gasteiger partial charge on any atom is -0.462 e. The number of rotatable bonds is 8. The van der Waals surface area contributed by atoms with Gasteiger partial charge in [-0.1, -0.05) is 40.5 Å². The van der Waals surface area contributed by atoms with Gasteiger partial charge >= 0.3 is 11.9 Å². The van der Waals surface area contributed by atoms with Gasteiger partial charge in [-0.25, -0.2) is 0 Å². The van der Waals surface area contributed by atoms with Crippen LogP contribution in [0, 0.1) is 16.2 Å². The minimum absolute atomic E-state index is 0.00338. The van der Waals surface area contributed by atoms with E-state index < -0.39 is 10.8 Å². The first kappa shape index (κ1) is 23.0. The zero-order valence-corrected chi connectivity index (χ0v) is 18.2. The molecule has 0 N–H and O–H groups in total. The maximum Gasteiger partial charge on any atom is 0.313 e. The van der Waals surface area contributed by atoms with E-state index in [1.54, 1.807) is 0 Å². The van der Waals surface area contributed by atoms with Crippen LogP contribution in [0.5, 0.6) is 0 Å². The fourth-order valence-electron chi connectivity index (χ4n) is 4.29. The Hall–Kier alpha value is -1.06. The van der Waals surface area contributed by atoms with Gasteiger partial charge in [0.1, 0.15) is 0 Å². The summed E-state index contributed by atoms with van der Waals surface area (Å²) in [6.45, 7) is 16.1. The third-order valence-corrected chi connectivity index (χ3v) is 6.26. The van der Waals surface area contributed by atoms with Crippen molar-refractivity contribution in [3.63, 3.8) is 0 Å². The second-order valence-corrected chi connectivity index (χ2v) is 9.51. The molecule has 0 aromatic heterocycles. The van der Waals surface area contributed by atoms with Gasteiger partial charge < -0.3 is 9.47 Å². The van der Waals surface area contributed by atoms with Gasteiger partial charge in [0.05, 0.1) is 23.0 Å². The molecule has 0 saturated heterocycles. The van der Waals surface area contributed by atoms with Crippen LogP contribution in [0.25, 0.3) is 0 Å². The molecule has 0 spiro atoms. The molecule has 4 heteroatoms. The maximum absolute atomic E-state index is 13.2. The van der Waals surface area contributed by atoms with Crippen LogP contribution in [-0.4, -0.2) is 24.1 Å². The Morgan fingerprint density at radius 1 is 0.808 bits per heavy atom. The first-order chi connectivity index (χ1) is 11.9. The third kappa shape index (κ3) is 5.01. The second-order valence-electron chi connectivity index (χ2n) is 9.51. The Bertz CT molecular complexity index is 498. The third-order valence-electron chi connectivity index (χ3n) is 6.26. The lowest BCUT2D eigenvalue weighted by Gasteiger charge is -2.51. The lowest BCUT2D eigenvalue weighted by molar-refractivity contribution is -0.194. The number of hydrogen-bond donors (Lipinski definition) is 0. The Morgan fingerprint density at radius 2 is 1.23 bits per heavy atom. The minimum atomic E-state index is -0.875. The number of carbonyl (C=O) groups excluding carboxylic acids is 2. The average molecular weight is 369 g/mol. The Morgan fingerprint density at radius 3 is 1.65 bits per heavy atom. The molecule has 26 heavy (non-hydrogen) atoms. The van der Waals surface area contributed by atoms with Crippen molar-refractivity contribution in [1.82, 2.24) is 0 Å². The SMILES string of the molecule is CCCC(C)OC(=O)C1(C)CCC(C)(C)CC1(C)C(=O)OC(C)CCC. The van der Waals surface area contributed by atoms with E-state index in [0.717, 1.165) is 32.1 Å². The van der Waals surface area contributed by atoms with Crippen LogP contribution in [0.3, 0.4) is 0 Å². The summed E-state index contributed by atoms with van der Waals surface area (Å²) in [6, 6.07) is 0. The van der Waals surface area contributed by atoms with E-state index in [1.807, 2.05) is 27.7 Å². The molecule has 4 unspecified atom stereocenters. The van der Waals surface area contributed by atoms with Crippen LogP contribution >= 0.6 is 0 Å². The van der Waals surface area contributed by atoms with Crippen molar-refractivity contribution in [3.05, 3.63) is 0 Å². The first-order valence-corrected chi connectivity index (χ1v) is 10.3. The highest BCUT2D eigenvalue weighted by molar-refractivity contribution is 5.88. The van der Waals surface area contributed by atoms with E-state index >= 15 is 0 Å². The van der Waals surface area contributed by atoms with E-state index in [0.29, 0.717) is 12.8 Å². The molecule has 0 aromatic rings. The summed E-state index contributed by atoms with van der Waals surface area (Å²) in [5.74, 6) is -0.509. The second kappa shape index (κ2) is 8.75. The Labute approximate surface area is 160 Å². The number of esters is 2. The summed E-state index contributed by atoms with van der Waals surface area (Å²) in [4.78, 5) is 26.3. The molecule has 152 valence electrons. The fourth-order valence-corrected chi connectivity index (χ4v) is 4.29. The van der Waals surface area contributed by atoms with Crippen LogP contribution < -0.4 is 0 Å². The summed E-state index contributed by atoms with van der Waals surface area (Å²) in [5.41, 5.74) is -1.73. The highest BCUT2D eigenvalue weighted by Gasteiger charge is 2.61. The van der Waals surface area contributed by atoms with Crippen molar-refractivity contribution < 1.29 is 19.1 Å². The molecule has 1 aliphatic rings. The summed E-state index contributed by atoms with van der Waals surface area (Å²) in [6.07, 6.45) is 5.51. The fraction of sp³-hybridized carbons (Fsp3) is 0.909. The molecular weight excluding hydrogens is 328 g/mol. The summed E-state index contributed by atoms with van der Waals surface area (Å²) < 4.78 is 11.5. The average Bonchev–Trinajstić information content (AvgIpc) is 2.51. The van der Waals surface area contributed by atoms with E-state index in [2.05, 4.69) is 27.7 Å². The molecule has 4 atom stereocenters. The van der Waals surface area contributed by atoms with Gasteiger partial charge in [-0.05, 0) is 65.2 Å². The van der Waals surface area contributed by atoms with Gasteiger partial charge in [-0.3, -0.25) is 9.59 Å². The van der Waals surface area contributed by atoms with Crippen LogP contribution in [-0.2, 0) is 19.1 Å². The van der Waals surface area contributed by atoms with Crippen molar-refractivity contribution in [2.45, 2.75) is 113 Å². The highest BCUT2D eigenvalue weighted by Crippen LogP contribution is 2.57. The van der Waals surface area contributed by atoms with Crippen LogP contribution in [0.4, 0.5) is 0 Å². The normalized spacial score (nSPS) is 30.3. The molecular formula is C22H40O4. The predicted octanol–water partition coefficient (Wildman–Crippen LogP) is 5.67. The molecule has 1 aliphatic carbocycles. The van der Waals surface area contributed by atoms with E-state index in [4.69, 9.17) is 9.47 Å². The monoisotopic (exact) mass is 368 g/mol. The largest absolute Gasteiger partial charge is 0.462 e. The van der Waals surface area contributed by atoms with Crippen LogP contribution in [0.15, 0.2) is 0 Å². The molecule has 0 bridgehead atoms. The van der Waals surface area contributed by atoms with Gasteiger partial charge in [-0.15, -0.1) is 0 Å². The van der Waals surface area contributed by atoms with Gasteiger partial charge in [0.15, 0.2) is 0 Å². The molecule has 0 heterocycles. The quantitative estimate of drug-likeness (QED) is 0.518. The Balaban J connectivity index is 3.12. The zero-order valence-electron chi connectivity index (χ0n) is 18.2. The molecule has 0 amide bonds. The van der Waals surface area contributed by atoms with Crippen LogP contribution in [0.2, 0.25) is 0 Å². The summed E-state index contributed by atoms with van der Waals surface area (Å²) in [5, 5.41) is 0. The van der Waals surface area contributed by atoms with Gasteiger partial charge in [0.2, 0.25) is 0 Å². The number of ether oxygens (including phenoxy) is 2. The van der Waals surface area contributed by atoms with Gasteiger partial charge in [0, 0.05) is 0 Å². The summed E-state index contributed by atoms with van der Waals surface area (Å²) >= 11 is 0. The number of hydrogen-bond acceptors (Lipinski definition) is 4. The molecule has 1 fully saturated rings. The molecule has 1 saturated carbocycles. The maximum atomic E-state index is 13.2. The smallest absolute Gasteiger partial charge is 0.313 e. The lowest BCUT2D eigenvalue weighted by atomic mass is 9.52. The molecule has 0 aromatic carbocycles.